The van der Waals surface area contributed by atoms with Gasteiger partial charge in [-0.15, -0.1) is 0 Å². The lowest BCUT2D eigenvalue weighted by Gasteiger charge is -2.34. The Morgan fingerprint density at radius 1 is 0.325 bits per heavy atom. The van der Waals surface area contributed by atoms with Crippen LogP contribution in [0.1, 0.15) is 136 Å². The first-order valence-corrected chi connectivity index (χ1v) is 31.7. The number of likely N-dealkylation sites (N-methyl/N-ethyl adjacent to an activating group) is 1. The second-order valence-corrected chi connectivity index (χ2v) is 29.8. The van der Waals surface area contributed by atoms with Gasteiger partial charge in [0.2, 0.25) is 0 Å². The third-order valence-electron chi connectivity index (χ3n) is 15.9. The van der Waals surface area contributed by atoms with Gasteiger partial charge in [0.1, 0.15) is 13.2 Å². The second-order valence-electron chi connectivity index (χ2n) is 29.8. The van der Waals surface area contributed by atoms with Crippen molar-refractivity contribution in [1.29, 1.82) is 0 Å². The van der Waals surface area contributed by atoms with E-state index in [1.54, 1.807) is 13.4 Å². The fourth-order valence-electron chi connectivity index (χ4n) is 9.59. The van der Waals surface area contributed by atoms with Crippen LogP contribution in [0, 0.1) is 0 Å². The van der Waals surface area contributed by atoms with Gasteiger partial charge in [-0.3, -0.25) is 0 Å². The van der Waals surface area contributed by atoms with Crippen LogP contribution in [-0.2, 0) is 9.47 Å². The van der Waals surface area contributed by atoms with Gasteiger partial charge in [-0.05, 0) is 138 Å². The van der Waals surface area contributed by atoms with Gasteiger partial charge in [-0.1, -0.05) is 32.9 Å². The van der Waals surface area contributed by atoms with Crippen molar-refractivity contribution in [2.24, 2.45) is 0 Å². The number of unbranched alkanes of at least 4 members (excludes halogenated alkanes) is 12. The van der Waals surface area contributed by atoms with E-state index in [-0.39, 0.29) is 0 Å². The number of nitrogens with zero attached hydrogens (tertiary/aromatic N) is 10. The molecule has 0 amide bonds. The van der Waals surface area contributed by atoms with E-state index < -0.39 is 0 Å². The smallest absolute Gasteiger partial charge is 0.136 e. The third kappa shape index (κ3) is 67.1. The van der Waals surface area contributed by atoms with Crippen LogP contribution in [0.15, 0.2) is 25.7 Å². The van der Waals surface area contributed by atoms with Crippen LogP contribution in [-0.4, -0.2) is 319 Å². The molecule has 0 heterocycles. The highest BCUT2D eigenvalue weighted by molar-refractivity contribution is 4.53. The summed E-state index contributed by atoms with van der Waals surface area (Å²) < 4.78 is 18.7. The zero-order valence-electron chi connectivity index (χ0n) is 58.0. The molecule has 0 bridgehead atoms. The summed E-state index contributed by atoms with van der Waals surface area (Å²) in [5, 5.41) is 0. The van der Waals surface area contributed by atoms with E-state index in [0.29, 0.717) is 0 Å². The molecule has 0 radical (unpaired) electrons. The molecule has 0 aromatic carbocycles. The van der Waals surface area contributed by atoms with E-state index in [1.807, 2.05) is 0 Å². The molecule has 0 aliphatic rings. The van der Waals surface area contributed by atoms with Crippen molar-refractivity contribution in [2.45, 2.75) is 136 Å². The Bertz CT molecular complexity index is 1320. The quantitative estimate of drug-likeness (QED) is 0.0345. The minimum Gasteiger partial charge on any atom is -0.505 e. The van der Waals surface area contributed by atoms with E-state index in [1.165, 1.54) is 255 Å². The van der Waals surface area contributed by atoms with E-state index >= 15 is 0 Å². The topological polar surface area (TPSA) is 24.9 Å². The molecule has 0 rings (SSSR count). The van der Waals surface area contributed by atoms with Crippen LogP contribution in [0.4, 0.5) is 0 Å². The van der Waals surface area contributed by atoms with Crippen molar-refractivity contribution in [3.05, 3.63) is 25.7 Å². The van der Waals surface area contributed by atoms with E-state index in [2.05, 4.69) is 190 Å². The van der Waals surface area contributed by atoms with E-state index in [4.69, 9.17) is 4.74 Å². The molecule has 0 N–H and O–H groups in total. The highest BCUT2D eigenvalue weighted by Gasteiger charge is 2.22. The van der Waals surface area contributed by atoms with Crippen LogP contribution in [0.25, 0.3) is 0 Å². The summed E-state index contributed by atoms with van der Waals surface area (Å²) in [6.07, 6.45) is 28.9. The maximum Gasteiger partial charge on any atom is 0.136 e. The van der Waals surface area contributed by atoms with Gasteiger partial charge in [0.15, 0.2) is 0 Å². The summed E-state index contributed by atoms with van der Waals surface area (Å²) >= 11 is 0. The lowest BCUT2D eigenvalue weighted by Crippen LogP contribution is -2.46. The Balaban J connectivity index is -0.000000530. The number of rotatable bonds is 47. The third-order valence-corrected chi connectivity index (χ3v) is 15.9. The van der Waals surface area contributed by atoms with Crippen LogP contribution < -0.4 is 0 Å². The number of quaternary nitrogens is 8. The Kier molecular flexibility index (Phi) is 49.3. The average molecular weight is 1110 g/mol. The van der Waals surface area contributed by atoms with Gasteiger partial charge in [-0.2, -0.15) is 0 Å². The molecular weight excluding hydrogens is 953 g/mol. The number of hydrogen-bond acceptors (Lipinski definition) is 4. The Morgan fingerprint density at radius 2 is 0.584 bits per heavy atom. The molecule has 0 aromatic heterocycles. The molecule has 77 heavy (non-hydrogen) atoms. The predicted octanol–water partition coefficient (Wildman–Crippen LogP) is 10.7. The molecule has 0 saturated carbocycles. The first-order valence-electron chi connectivity index (χ1n) is 31.7. The van der Waals surface area contributed by atoms with Crippen LogP contribution >= 0.6 is 0 Å². The minimum atomic E-state index is 0.772. The standard InChI is InChI=1S/C29H66N4O.C17H41N3.C16H39N3.C3H6O/c1-11-30(3,4)22-17-13-14-18-23-31(5,6)26-21-27-32(7,8)24-19-15-16-20-25-33(9,10)28-29-34-12-2;1-8-18(2)14-11-9-10-12-16-20(6,7)17-13-15-19(3,4)5;1-17(2)13-10-8-9-11-15-19(6,7)16-12-14-18(3,4)5;1-3-4-2/h12H,2,11,13-29H2,1,3-10H3;8-17H2,1-7H3;8-16H2,1-7H3;3H,1H2,2H3/q+4;2*+2;. The van der Waals surface area contributed by atoms with Crippen molar-refractivity contribution in [2.75, 3.05) is 273 Å². The molecule has 12 heteroatoms. The van der Waals surface area contributed by atoms with E-state index in [9.17, 15) is 0 Å². The molecule has 0 spiro atoms. The highest BCUT2D eigenvalue weighted by Crippen LogP contribution is 2.14. The van der Waals surface area contributed by atoms with Gasteiger partial charge >= 0.3 is 0 Å². The Morgan fingerprint density at radius 3 is 0.844 bits per heavy atom. The number of hydrogen-bond donors (Lipinski definition) is 0. The first-order chi connectivity index (χ1) is 35.4. The molecule has 0 aliphatic heterocycles. The van der Waals surface area contributed by atoms with Gasteiger partial charge in [0.25, 0.3) is 0 Å². The van der Waals surface area contributed by atoms with Crippen LogP contribution in [0.3, 0.4) is 0 Å². The summed E-state index contributed by atoms with van der Waals surface area (Å²) in [6, 6.07) is 0. The molecule has 0 fully saturated rings. The first kappa shape index (κ1) is 82.1. The average Bonchev–Trinajstić information content (AvgIpc) is 3.30. The zero-order chi connectivity index (χ0) is 60.1. The summed E-state index contributed by atoms with van der Waals surface area (Å²) in [7, 11) is 50.4. The largest absolute Gasteiger partial charge is 0.505 e. The fourth-order valence-corrected chi connectivity index (χ4v) is 9.59. The lowest BCUT2D eigenvalue weighted by molar-refractivity contribution is -0.909. The summed E-state index contributed by atoms with van der Waals surface area (Å²) in [4.78, 5) is 4.69. The molecule has 466 valence electrons. The zero-order valence-corrected chi connectivity index (χ0v) is 58.0. The molecule has 0 atom stereocenters. The lowest BCUT2D eigenvalue weighted by atomic mass is 10.1. The maximum absolute atomic E-state index is 5.30. The van der Waals surface area contributed by atoms with Crippen molar-refractivity contribution in [1.82, 2.24) is 9.80 Å². The minimum absolute atomic E-state index is 0.772. The Hall–Kier alpha value is -1.32. The predicted molar refractivity (Wildman–Crippen MR) is 345 cm³/mol. The summed E-state index contributed by atoms with van der Waals surface area (Å²) in [6.45, 7) is 33.8. The van der Waals surface area contributed by atoms with E-state index in [0.717, 1.165) is 26.6 Å². The van der Waals surface area contributed by atoms with Crippen LogP contribution in [0.2, 0.25) is 0 Å². The molecule has 0 unspecified atom stereocenters. The van der Waals surface area contributed by atoms with Crippen molar-refractivity contribution in [3.8, 4) is 0 Å². The number of methoxy groups -OCH3 is 1. The van der Waals surface area contributed by atoms with Gasteiger partial charge in [-0.25, -0.2) is 0 Å². The second kappa shape index (κ2) is 46.2. The molecule has 12 nitrogen and oxygen atoms in total. The van der Waals surface area contributed by atoms with Crippen molar-refractivity contribution in [3.63, 3.8) is 0 Å². The van der Waals surface area contributed by atoms with Crippen molar-refractivity contribution < 1.29 is 45.3 Å². The normalized spacial score (nSPS) is 12.9. The summed E-state index contributed by atoms with van der Waals surface area (Å²) in [5.74, 6) is 0. The molecule has 0 aliphatic carbocycles. The number of ether oxygens (including phenoxy) is 2. The highest BCUT2D eigenvalue weighted by atomic mass is 16.5. The van der Waals surface area contributed by atoms with Crippen molar-refractivity contribution >= 4 is 0 Å². The van der Waals surface area contributed by atoms with Gasteiger partial charge in [0, 0.05) is 19.3 Å². The van der Waals surface area contributed by atoms with Gasteiger partial charge < -0.3 is 55.1 Å². The maximum atomic E-state index is 5.30. The SMILES string of the molecule is C=COC.C=COCC[N+](C)(C)CCCCCC[N+](C)(C)CCC[N+](C)(C)CCCCCC[N+](C)(C)CC.CCN(C)CCCCCC[N+](C)(C)CCC[N+](C)(C)C.CN(C)CCCCCC[N+](C)(C)CCC[N+](C)(C)C. The molecular formula is C65H152N10O2+8. The van der Waals surface area contributed by atoms with Gasteiger partial charge in [0.05, 0.1) is 232 Å². The fraction of sp³-hybridized carbons (Fsp3) is 0.938. The Labute approximate surface area is 487 Å². The molecule has 0 aromatic rings. The van der Waals surface area contributed by atoms with Crippen LogP contribution in [0.5, 0.6) is 0 Å². The molecule has 0 saturated heterocycles. The summed E-state index contributed by atoms with van der Waals surface area (Å²) in [5.41, 5.74) is 0. The monoisotopic (exact) mass is 1110 g/mol.